The summed E-state index contributed by atoms with van der Waals surface area (Å²) < 4.78 is 38.7. The van der Waals surface area contributed by atoms with E-state index in [0.717, 1.165) is 28.0 Å². The zero-order chi connectivity index (χ0) is 23.0. The third-order valence-electron chi connectivity index (χ3n) is 5.01. The van der Waals surface area contributed by atoms with Crippen LogP contribution in [0.2, 0.25) is 0 Å². The second-order valence-corrected chi connectivity index (χ2v) is 9.24. The van der Waals surface area contributed by atoms with E-state index in [2.05, 4.69) is 10.0 Å². The normalized spacial score (nSPS) is 11.3. The van der Waals surface area contributed by atoms with E-state index in [9.17, 15) is 13.2 Å². The van der Waals surface area contributed by atoms with Gasteiger partial charge >= 0.3 is 0 Å². The Labute approximate surface area is 185 Å². The Kier molecular flexibility index (Phi) is 8.88. The Balaban J connectivity index is 1.74. The lowest BCUT2D eigenvalue weighted by atomic mass is 10.1. The maximum Gasteiger partial charge on any atom is 0.244 e. The molecule has 0 fully saturated rings. The molecule has 0 aliphatic heterocycles. The molecule has 2 rings (SSSR count). The van der Waals surface area contributed by atoms with Crippen molar-refractivity contribution >= 4 is 15.9 Å². The monoisotopic (exact) mass is 448 g/mol. The van der Waals surface area contributed by atoms with Crippen molar-refractivity contribution in [2.45, 2.75) is 45.4 Å². The maximum atomic E-state index is 12.6. The second-order valence-electron chi connectivity index (χ2n) is 7.51. The molecule has 170 valence electrons. The number of sulfonamides is 1. The zero-order valence-electron chi connectivity index (χ0n) is 18.9. The molecule has 31 heavy (non-hydrogen) atoms. The molecule has 0 bridgehead atoms. The van der Waals surface area contributed by atoms with Gasteiger partial charge in [-0.2, -0.15) is 0 Å². The van der Waals surface area contributed by atoms with E-state index < -0.39 is 10.0 Å². The molecule has 0 aliphatic rings. The summed E-state index contributed by atoms with van der Waals surface area (Å²) in [6, 6.07) is 9.25. The van der Waals surface area contributed by atoms with E-state index in [-0.39, 0.29) is 23.9 Å². The molecule has 0 unspecified atom stereocenters. The van der Waals surface area contributed by atoms with Crippen LogP contribution < -0.4 is 19.5 Å². The third-order valence-corrected chi connectivity index (χ3v) is 6.49. The molecular weight excluding hydrogens is 416 g/mol. The van der Waals surface area contributed by atoms with Gasteiger partial charge in [0, 0.05) is 19.5 Å². The Morgan fingerprint density at radius 3 is 2.26 bits per heavy atom. The molecule has 0 saturated heterocycles. The largest absolute Gasteiger partial charge is 0.495 e. The minimum atomic E-state index is -3.75. The van der Waals surface area contributed by atoms with Crippen LogP contribution in [0.5, 0.6) is 11.5 Å². The quantitative estimate of drug-likeness (QED) is 0.515. The van der Waals surface area contributed by atoms with Gasteiger partial charge in [0.2, 0.25) is 15.9 Å². The van der Waals surface area contributed by atoms with Crippen molar-refractivity contribution in [1.29, 1.82) is 0 Å². The number of aryl methyl sites for hydroxylation is 4. The fraction of sp³-hybridized carbons (Fsp3) is 0.435. The van der Waals surface area contributed by atoms with Crippen LogP contribution >= 0.6 is 0 Å². The molecule has 7 nitrogen and oxygen atoms in total. The van der Waals surface area contributed by atoms with Gasteiger partial charge in [-0.1, -0.05) is 18.2 Å². The second kappa shape index (κ2) is 11.2. The van der Waals surface area contributed by atoms with Crippen LogP contribution in [-0.2, 0) is 14.8 Å². The van der Waals surface area contributed by atoms with Crippen molar-refractivity contribution in [2.24, 2.45) is 0 Å². The standard InChI is InChI=1S/C23H32N2O5S/c1-16-8-6-9-17(2)23(16)30-13-7-10-22(26)24-11-12-25-31(27,28)21-15-19(4)18(3)14-20(21)29-5/h6,8-9,14-15,25H,7,10-13H2,1-5H3,(H,24,26). The number of ether oxygens (including phenoxy) is 2. The van der Waals surface area contributed by atoms with Crippen LogP contribution in [0.25, 0.3) is 0 Å². The minimum absolute atomic E-state index is 0.0864. The number of hydrogen-bond donors (Lipinski definition) is 2. The summed E-state index contributed by atoms with van der Waals surface area (Å²) in [6.07, 6.45) is 0.883. The lowest BCUT2D eigenvalue weighted by Gasteiger charge is -2.13. The molecule has 0 spiro atoms. The van der Waals surface area contributed by atoms with Crippen LogP contribution in [0.4, 0.5) is 0 Å². The van der Waals surface area contributed by atoms with E-state index in [1.807, 2.05) is 45.9 Å². The summed E-state index contributed by atoms with van der Waals surface area (Å²) in [5.41, 5.74) is 3.94. The molecule has 0 saturated carbocycles. The SMILES string of the molecule is COc1cc(C)c(C)cc1S(=O)(=O)NCCNC(=O)CCCOc1c(C)cccc1C. The van der Waals surface area contributed by atoms with E-state index in [4.69, 9.17) is 9.47 Å². The summed E-state index contributed by atoms with van der Waals surface area (Å²) in [7, 11) is -2.31. The van der Waals surface area contributed by atoms with E-state index in [1.165, 1.54) is 7.11 Å². The molecule has 8 heteroatoms. The first-order valence-corrected chi connectivity index (χ1v) is 11.7. The van der Waals surface area contributed by atoms with Crippen LogP contribution in [0, 0.1) is 27.7 Å². The van der Waals surface area contributed by atoms with E-state index in [1.54, 1.807) is 12.1 Å². The predicted molar refractivity (Wildman–Crippen MR) is 121 cm³/mol. The number of benzene rings is 2. The van der Waals surface area contributed by atoms with Gasteiger partial charge in [-0.05, 0) is 68.5 Å². The summed E-state index contributed by atoms with van der Waals surface area (Å²) in [6.45, 7) is 8.44. The average molecular weight is 449 g/mol. The zero-order valence-corrected chi connectivity index (χ0v) is 19.7. The number of para-hydroxylation sites is 1. The Morgan fingerprint density at radius 1 is 0.968 bits per heavy atom. The Bertz CT molecular complexity index is 999. The van der Waals surface area contributed by atoms with Crippen molar-refractivity contribution in [2.75, 3.05) is 26.8 Å². The van der Waals surface area contributed by atoms with Gasteiger partial charge in [0.25, 0.3) is 0 Å². The van der Waals surface area contributed by atoms with Gasteiger partial charge in [-0.15, -0.1) is 0 Å². The number of nitrogens with one attached hydrogen (secondary N) is 2. The van der Waals surface area contributed by atoms with Crippen LogP contribution in [0.3, 0.4) is 0 Å². The van der Waals surface area contributed by atoms with Crippen LogP contribution in [-0.4, -0.2) is 41.1 Å². The minimum Gasteiger partial charge on any atom is -0.495 e. The molecule has 0 heterocycles. The Morgan fingerprint density at radius 2 is 1.61 bits per heavy atom. The number of methoxy groups -OCH3 is 1. The first-order chi connectivity index (χ1) is 14.7. The van der Waals surface area contributed by atoms with Crippen LogP contribution in [0.1, 0.15) is 35.1 Å². The number of hydrogen-bond acceptors (Lipinski definition) is 5. The fourth-order valence-electron chi connectivity index (χ4n) is 3.12. The van der Waals surface area contributed by atoms with Gasteiger partial charge in [-0.25, -0.2) is 13.1 Å². The maximum absolute atomic E-state index is 12.6. The van der Waals surface area contributed by atoms with Gasteiger partial charge in [0.15, 0.2) is 0 Å². The molecule has 2 N–H and O–H groups in total. The molecule has 0 atom stereocenters. The van der Waals surface area contributed by atoms with E-state index in [0.29, 0.717) is 25.2 Å². The van der Waals surface area contributed by atoms with E-state index >= 15 is 0 Å². The molecule has 1 amide bonds. The predicted octanol–water partition coefficient (Wildman–Crippen LogP) is 3.18. The highest BCUT2D eigenvalue weighted by Gasteiger charge is 2.20. The summed E-state index contributed by atoms with van der Waals surface area (Å²) >= 11 is 0. The number of carbonyl (C=O) groups excluding carboxylic acids is 1. The molecule has 0 radical (unpaired) electrons. The number of carbonyl (C=O) groups is 1. The fourth-order valence-corrected chi connectivity index (χ4v) is 4.39. The molecule has 0 aromatic heterocycles. The van der Waals surface area contributed by atoms with Crippen molar-refractivity contribution in [3.63, 3.8) is 0 Å². The first kappa shape index (κ1) is 24.7. The van der Waals surface area contributed by atoms with Gasteiger partial charge in [-0.3, -0.25) is 4.79 Å². The van der Waals surface area contributed by atoms with Gasteiger partial charge in [0.1, 0.15) is 16.4 Å². The van der Waals surface area contributed by atoms with Crippen LogP contribution in [0.15, 0.2) is 35.2 Å². The average Bonchev–Trinajstić information content (AvgIpc) is 2.72. The number of rotatable bonds is 11. The molecule has 2 aromatic rings. The lowest BCUT2D eigenvalue weighted by molar-refractivity contribution is -0.121. The molecular formula is C23H32N2O5S. The highest BCUT2D eigenvalue weighted by molar-refractivity contribution is 7.89. The smallest absolute Gasteiger partial charge is 0.244 e. The first-order valence-electron chi connectivity index (χ1n) is 10.3. The van der Waals surface area contributed by atoms with Gasteiger partial charge in [0.05, 0.1) is 13.7 Å². The molecule has 2 aromatic carbocycles. The van der Waals surface area contributed by atoms with Crippen molar-refractivity contribution in [3.05, 3.63) is 52.6 Å². The topological polar surface area (TPSA) is 93.7 Å². The summed E-state index contributed by atoms with van der Waals surface area (Å²) in [4.78, 5) is 12.1. The highest BCUT2D eigenvalue weighted by Crippen LogP contribution is 2.27. The summed E-state index contributed by atoms with van der Waals surface area (Å²) in [5, 5.41) is 2.72. The highest BCUT2D eigenvalue weighted by atomic mass is 32.2. The van der Waals surface area contributed by atoms with Crippen molar-refractivity contribution < 1.29 is 22.7 Å². The number of amides is 1. The van der Waals surface area contributed by atoms with Crippen molar-refractivity contribution in [1.82, 2.24) is 10.0 Å². The lowest BCUT2D eigenvalue weighted by Crippen LogP contribution is -2.34. The Hall–Kier alpha value is -2.58. The molecule has 0 aliphatic carbocycles. The third kappa shape index (κ3) is 6.97. The summed E-state index contributed by atoms with van der Waals surface area (Å²) in [5.74, 6) is 1.01. The van der Waals surface area contributed by atoms with Crippen molar-refractivity contribution in [3.8, 4) is 11.5 Å². The van der Waals surface area contributed by atoms with Gasteiger partial charge < -0.3 is 14.8 Å².